The SMILES string of the molecule is CC(=O)N[C@H](CC(C)C)C(=O)N[C@@H](CC(C)C)C(=O)N[C@@H](CC(C)C)C(=O)C1(C)CO1. The van der Waals surface area contributed by atoms with Crippen molar-refractivity contribution in [1.82, 2.24) is 16.0 Å². The molecular formula is C23H41N3O5. The Morgan fingerprint density at radius 3 is 1.45 bits per heavy atom. The maximum absolute atomic E-state index is 13.1. The van der Waals surface area contributed by atoms with Gasteiger partial charge >= 0.3 is 0 Å². The van der Waals surface area contributed by atoms with Crippen molar-refractivity contribution >= 4 is 23.5 Å². The molecule has 0 radical (unpaired) electrons. The molecule has 1 rings (SSSR count). The van der Waals surface area contributed by atoms with Crippen LogP contribution in [0.15, 0.2) is 0 Å². The Labute approximate surface area is 186 Å². The molecule has 1 saturated heterocycles. The summed E-state index contributed by atoms with van der Waals surface area (Å²) < 4.78 is 5.29. The van der Waals surface area contributed by atoms with E-state index in [2.05, 4.69) is 16.0 Å². The number of Topliss-reactive ketones (excluding diaryl/α,β-unsaturated/α-hetero) is 1. The predicted molar refractivity (Wildman–Crippen MR) is 119 cm³/mol. The van der Waals surface area contributed by atoms with Crippen molar-refractivity contribution in [2.75, 3.05) is 6.61 Å². The average molecular weight is 440 g/mol. The number of carbonyl (C=O) groups excluding carboxylic acids is 4. The maximum Gasteiger partial charge on any atom is 0.243 e. The van der Waals surface area contributed by atoms with Crippen LogP contribution in [0.2, 0.25) is 0 Å². The van der Waals surface area contributed by atoms with Crippen LogP contribution in [0.3, 0.4) is 0 Å². The molecule has 3 N–H and O–H groups in total. The Morgan fingerprint density at radius 1 is 0.742 bits per heavy atom. The highest BCUT2D eigenvalue weighted by Crippen LogP contribution is 2.29. The molecule has 8 heteroatoms. The van der Waals surface area contributed by atoms with Crippen LogP contribution in [-0.2, 0) is 23.9 Å². The molecule has 178 valence electrons. The monoisotopic (exact) mass is 439 g/mol. The van der Waals surface area contributed by atoms with Crippen LogP contribution in [0, 0.1) is 17.8 Å². The van der Waals surface area contributed by atoms with Crippen LogP contribution in [-0.4, -0.2) is 53.8 Å². The van der Waals surface area contributed by atoms with E-state index in [1.54, 1.807) is 6.92 Å². The molecule has 4 atom stereocenters. The first-order valence-corrected chi connectivity index (χ1v) is 11.3. The zero-order chi connectivity index (χ0) is 23.9. The Hall–Kier alpha value is -1.96. The molecule has 0 spiro atoms. The Balaban J connectivity index is 2.96. The molecule has 3 amide bonds. The number of nitrogens with one attached hydrogen (secondary N) is 3. The molecule has 1 aliphatic heterocycles. The lowest BCUT2D eigenvalue weighted by Gasteiger charge is -2.27. The van der Waals surface area contributed by atoms with E-state index < -0.39 is 35.5 Å². The van der Waals surface area contributed by atoms with E-state index in [4.69, 9.17) is 4.74 Å². The van der Waals surface area contributed by atoms with Gasteiger partial charge in [0.1, 0.15) is 17.7 Å². The lowest BCUT2D eigenvalue weighted by Crippen LogP contribution is -2.57. The smallest absolute Gasteiger partial charge is 0.243 e. The minimum absolute atomic E-state index is 0.139. The quantitative estimate of drug-likeness (QED) is 0.379. The molecule has 0 saturated carbocycles. The molecule has 0 bridgehead atoms. The van der Waals surface area contributed by atoms with E-state index in [1.807, 2.05) is 41.5 Å². The number of ether oxygens (including phenoxy) is 1. The van der Waals surface area contributed by atoms with Crippen LogP contribution >= 0.6 is 0 Å². The number of ketones is 1. The molecule has 0 aromatic carbocycles. The van der Waals surface area contributed by atoms with E-state index in [-0.39, 0.29) is 29.4 Å². The molecular weight excluding hydrogens is 398 g/mol. The highest BCUT2D eigenvalue weighted by molar-refractivity contribution is 5.98. The van der Waals surface area contributed by atoms with Crippen molar-refractivity contribution in [1.29, 1.82) is 0 Å². The highest BCUT2D eigenvalue weighted by atomic mass is 16.6. The second-order valence-electron chi connectivity index (χ2n) is 10.1. The summed E-state index contributed by atoms with van der Waals surface area (Å²) in [6, 6.07) is -2.19. The van der Waals surface area contributed by atoms with Crippen molar-refractivity contribution in [2.45, 2.75) is 98.4 Å². The van der Waals surface area contributed by atoms with E-state index in [0.29, 0.717) is 25.9 Å². The molecule has 31 heavy (non-hydrogen) atoms. The molecule has 8 nitrogen and oxygen atoms in total. The van der Waals surface area contributed by atoms with Crippen molar-refractivity contribution < 1.29 is 23.9 Å². The lowest BCUT2D eigenvalue weighted by atomic mass is 9.92. The summed E-state index contributed by atoms with van der Waals surface area (Å²) in [4.78, 5) is 50.4. The fourth-order valence-corrected chi connectivity index (χ4v) is 3.52. The fourth-order valence-electron chi connectivity index (χ4n) is 3.52. The fraction of sp³-hybridized carbons (Fsp3) is 0.826. The van der Waals surface area contributed by atoms with Gasteiger partial charge in [0.2, 0.25) is 17.7 Å². The number of hydrogen-bond donors (Lipinski definition) is 3. The third kappa shape index (κ3) is 9.37. The Kier molecular flexibility index (Phi) is 10.1. The molecule has 1 heterocycles. The van der Waals surface area contributed by atoms with Crippen LogP contribution in [0.5, 0.6) is 0 Å². The zero-order valence-electron chi connectivity index (χ0n) is 20.3. The molecule has 0 aliphatic carbocycles. The summed E-state index contributed by atoms with van der Waals surface area (Å²) in [6.07, 6.45) is 1.38. The predicted octanol–water partition coefficient (Wildman–Crippen LogP) is 1.96. The van der Waals surface area contributed by atoms with E-state index in [9.17, 15) is 19.2 Å². The van der Waals surface area contributed by atoms with Gasteiger partial charge in [0.05, 0.1) is 12.6 Å². The summed E-state index contributed by atoms with van der Waals surface area (Å²) in [5.41, 5.74) is -0.836. The number of epoxide rings is 1. The number of carbonyl (C=O) groups is 4. The normalized spacial score (nSPS) is 20.9. The van der Waals surface area contributed by atoms with Gasteiger partial charge in [-0.3, -0.25) is 19.2 Å². The van der Waals surface area contributed by atoms with E-state index in [1.165, 1.54) is 6.92 Å². The van der Waals surface area contributed by atoms with Gasteiger partial charge in [-0.05, 0) is 43.9 Å². The van der Waals surface area contributed by atoms with Crippen LogP contribution < -0.4 is 16.0 Å². The first-order valence-electron chi connectivity index (χ1n) is 11.3. The van der Waals surface area contributed by atoms with Gasteiger partial charge in [-0.1, -0.05) is 41.5 Å². The molecule has 1 aliphatic rings. The van der Waals surface area contributed by atoms with Gasteiger partial charge in [-0.2, -0.15) is 0 Å². The maximum atomic E-state index is 13.1. The van der Waals surface area contributed by atoms with Crippen molar-refractivity contribution in [3.05, 3.63) is 0 Å². The minimum atomic E-state index is -0.836. The third-order valence-corrected chi connectivity index (χ3v) is 5.18. The second-order valence-corrected chi connectivity index (χ2v) is 10.1. The van der Waals surface area contributed by atoms with Crippen molar-refractivity contribution in [3.63, 3.8) is 0 Å². The topological polar surface area (TPSA) is 117 Å². The molecule has 1 unspecified atom stereocenters. The third-order valence-electron chi connectivity index (χ3n) is 5.18. The summed E-state index contributed by atoms with van der Waals surface area (Å²) in [7, 11) is 0. The molecule has 1 fully saturated rings. The number of hydrogen-bond acceptors (Lipinski definition) is 5. The van der Waals surface area contributed by atoms with Gasteiger partial charge in [-0.15, -0.1) is 0 Å². The van der Waals surface area contributed by atoms with E-state index in [0.717, 1.165) is 0 Å². The molecule has 0 aromatic heterocycles. The number of rotatable bonds is 13. The Bertz CT molecular complexity index is 656. The van der Waals surface area contributed by atoms with Gasteiger partial charge in [0.25, 0.3) is 0 Å². The Morgan fingerprint density at radius 2 is 1.10 bits per heavy atom. The summed E-state index contributed by atoms with van der Waals surface area (Å²) >= 11 is 0. The first-order chi connectivity index (χ1) is 14.2. The van der Waals surface area contributed by atoms with Gasteiger partial charge in [0.15, 0.2) is 5.78 Å². The van der Waals surface area contributed by atoms with Crippen LogP contribution in [0.4, 0.5) is 0 Å². The van der Waals surface area contributed by atoms with Crippen molar-refractivity contribution in [2.24, 2.45) is 17.8 Å². The zero-order valence-corrected chi connectivity index (χ0v) is 20.3. The lowest BCUT2D eigenvalue weighted by molar-refractivity contribution is -0.134. The van der Waals surface area contributed by atoms with E-state index >= 15 is 0 Å². The number of amides is 3. The average Bonchev–Trinajstić information content (AvgIpc) is 3.36. The minimum Gasteiger partial charge on any atom is -0.361 e. The van der Waals surface area contributed by atoms with Gasteiger partial charge < -0.3 is 20.7 Å². The molecule has 0 aromatic rings. The summed E-state index contributed by atoms with van der Waals surface area (Å²) in [6.45, 7) is 15.3. The second kappa shape index (κ2) is 11.6. The first kappa shape index (κ1) is 27.1. The van der Waals surface area contributed by atoms with Crippen LogP contribution in [0.25, 0.3) is 0 Å². The van der Waals surface area contributed by atoms with Gasteiger partial charge in [0, 0.05) is 6.92 Å². The highest BCUT2D eigenvalue weighted by Gasteiger charge is 2.50. The van der Waals surface area contributed by atoms with Crippen LogP contribution in [0.1, 0.15) is 74.7 Å². The summed E-state index contributed by atoms with van der Waals surface area (Å²) in [5.74, 6) is -0.697. The van der Waals surface area contributed by atoms with Crippen molar-refractivity contribution in [3.8, 4) is 0 Å². The van der Waals surface area contributed by atoms with Gasteiger partial charge in [-0.25, -0.2) is 0 Å². The largest absolute Gasteiger partial charge is 0.361 e. The standard InChI is InChI=1S/C23H41N3O5/c1-13(2)9-17(20(28)23(8)12-31-23)25-22(30)19(11-15(5)6)26-21(29)18(10-14(3)4)24-16(7)27/h13-15,17-19H,9-12H2,1-8H3,(H,24,27)(H,25,30)(H,26,29)/t17-,18+,19-,23?/m0/s1. The summed E-state index contributed by atoms with van der Waals surface area (Å²) in [5, 5.41) is 8.33.